The van der Waals surface area contributed by atoms with Crippen LogP contribution in [0, 0.1) is 6.92 Å². The zero-order valence-corrected chi connectivity index (χ0v) is 13.0. The van der Waals surface area contributed by atoms with Gasteiger partial charge in [0.15, 0.2) is 0 Å². The summed E-state index contributed by atoms with van der Waals surface area (Å²) < 4.78 is 2.04. The van der Waals surface area contributed by atoms with Gasteiger partial charge in [0.25, 0.3) is 0 Å². The Hall–Kier alpha value is -0.580. The second-order valence-electron chi connectivity index (χ2n) is 5.23. The number of nitrogens with one attached hydrogen (secondary N) is 1. The van der Waals surface area contributed by atoms with E-state index in [1.165, 1.54) is 12.8 Å². The topological polar surface area (TPSA) is 33.1 Å². The molecule has 1 aromatic rings. The number of aromatic nitrogens is 2. The van der Waals surface area contributed by atoms with Crippen molar-refractivity contribution in [2.45, 2.75) is 52.7 Å². The Morgan fingerprint density at radius 2 is 2.26 bits per heavy atom. The molecule has 2 heterocycles. The monoisotopic (exact) mass is 284 g/mol. The first-order chi connectivity index (χ1) is 9.17. The summed E-state index contributed by atoms with van der Waals surface area (Å²) >= 11 is 6.41. The molecule has 1 saturated heterocycles. The molecular weight excluding hydrogens is 260 g/mol. The third-order valence-corrected chi connectivity index (χ3v) is 4.49. The SMILES string of the molecule is CCN(Cc1c(Cl)c(C)nn1CC)C1CCCNC1. The van der Waals surface area contributed by atoms with Gasteiger partial charge in [-0.1, -0.05) is 18.5 Å². The van der Waals surface area contributed by atoms with Crippen molar-refractivity contribution in [3.05, 3.63) is 16.4 Å². The highest BCUT2D eigenvalue weighted by molar-refractivity contribution is 6.31. The molecule has 108 valence electrons. The number of piperidine rings is 1. The zero-order chi connectivity index (χ0) is 13.8. The molecule has 0 saturated carbocycles. The van der Waals surface area contributed by atoms with Gasteiger partial charge >= 0.3 is 0 Å². The van der Waals surface area contributed by atoms with E-state index in [0.717, 1.165) is 49.1 Å². The fraction of sp³-hybridized carbons (Fsp3) is 0.786. The molecule has 5 heteroatoms. The van der Waals surface area contributed by atoms with Crippen LogP contribution in [-0.4, -0.2) is 40.4 Å². The highest BCUT2D eigenvalue weighted by Crippen LogP contribution is 2.23. The third-order valence-electron chi connectivity index (χ3n) is 4.00. The summed E-state index contributed by atoms with van der Waals surface area (Å²) in [4.78, 5) is 2.51. The Balaban J connectivity index is 2.13. The van der Waals surface area contributed by atoms with E-state index in [4.69, 9.17) is 11.6 Å². The summed E-state index contributed by atoms with van der Waals surface area (Å²) in [5, 5.41) is 8.83. The lowest BCUT2D eigenvalue weighted by atomic mass is 10.1. The molecule has 1 atom stereocenters. The van der Waals surface area contributed by atoms with E-state index in [1.807, 2.05) is 11.6 Å². The van der Waals surface area contributed by atoms with Crippen molar-refractivity contribution in [2.75, 3.05) is 19.6 Å². The lowest BCUT2D eigenvalue weighted by Gasteiger charge is -2.34. The van der Waals surface area contributed by atoms with E-state index in [1.54, 1.807) is 0 Å². The van der Waals surface area contributed by atoms with Gasteiger partial charge in [-0.25, -0.2) is 0 Å². The molecule has 1 aliphatic rings. The van der Waals surface area contributed by atoms with Gasteiger partial charge in [-0.15, -0.1) is 0 Å². The van der Waals surface area contributed by atoms with Gasteiger partial charge in [-0.2, -0.15) is 5.10 Å². The van der Waals surface area contributed by atoms with Crippen LogP contribution in [0.3, 0.4) is 0 Å². The summed E-state index contributed by atoms with van der Waals surface area (Å²) in [7, 11) is 0. The second-order valence-corrected chi connectivity index (χ2v) is 5.60. The quantitative estimate of drug-likeness (QED) is 0.902. The highest BCUT2D eigenvalue weighted by atomic mass is 35.5. The number of halogens is 1. The number of hydrogen-bond donors (Lipinski definition) is 1. The normalized spacial score (nSPS) is 20.2. The van der Waals surface area contributed by atoms with Crippen LogP contribution in [0.1, 0.15) is 38.1 Å². The van der Waals surface area contributed by atoms with Crippen LogP contribution in [0.15, 0.2) is 0 Å². The van der Waals surface area contributed by atoms with E-state index >= 15 is 0 Å². The first-order valence-corrected chi connectivity index (χ1v) is 7.71. The van der Waals surface area contributed by atoms with Crippen molar-refractivity contribution >= 4 is 11.6 Å². The maximum atomic E-state index is 6.41. The number of nitrogens with zero attached hydrogens (tertiary/aromatic N) is 3. The van der Waals surface area contributed by atoms with Crippen molar-refractivity contribution in [3.8, 4) is 0 Å². The van der Waals surface area contributed by atoms with E-state index in [-0.39, 0.29) is 0 Å². The van der Waals surface area contributed by atoms with Crippen LogP contribution in [0.5, 0.6) is 0 Å². The summed E-state index contributed by atoms with van der Waals surface area (Å²) in [6, 6.07) is 0.621. The molecule has 1 aliphatic heterocycles. The molecule has 1 unspecified atom stereocenters. The average Bonchev–Trinajstić information content (AvgIpc) is 2.72. The Kier molecular flexibility index (Phi) is 5.25. The molecule has 0 radical (unpaired) electrons. The van der Waals surface area contributed by atoms with E-state index in [0.29, 0.717) is 6.04 Å². The fourth-order valence-corrected chi connectivity index (χ4v) is 3.05. The second kappa shape index (κ2) is 6.73. The lowest BCUT2D eigenvalue weighted by Crippen LogP contribution is -2.45. The molecule has 0 aliphatic carbocycles. The van der Waals surface area contributed by atoms with Crippen LogP contribution in [0.4, 0.5) is 0 Å². The number of rotatable bonds is 5. The molecule has 2 rings (SSSR count). The van der Waals surface area contributed by atoms with Crippen molar-refractivity contribution in [2.24, 2.45) is 0 Å². The first-order valence-electron chi connectivity index (χ1n) is 7.33. The van der Waals surface area contributed by atoms with E-state index < -0.39 is 0 Å². The lowest BCUT2D eigenvalue weighted by molar-refractivity contribution is 0.162. The van der Waals surface area contributed by atoms with E-state index in [9.17, 15) is 0 Å². The van der Waals surface area contributed by atoms with Gasteiger partial charge in [0.05, 0.1) is 16.4 Å². The molecule has 1 aromatic heterocycles. The van der Waals surface area contributed by atoms with Gasteiger partial charge in [0.1, 0.15) is 0 Å². The molecule has 1 N–H and O–H groups in total. The Morgan fingerprint density at radius 1 is 1.47 bits per heavy atom. The van der Waals surface area contributed by atoms with Gasteiger partial charge in [0.2, 0.25) is 0 Å². The van der Waals surface area contributed by atoms with Crippen LogP contribution in [0.25, 0.3) is 0 Å². The highest BCUT2D eigenvalue weighted by Gasteiger charge is 2.22. The minimum absolute atomic E-state index is 0.621. The van der Waals surface area contributed by atoms with Crippen molar-refractivity contribution in [1.29, 1.82) is 0 Å². The van der Waals surface area contributed by atoms with Gasteiger partial charge in [-0.3, -0.25) is 9.58 Å². The predicted octanol–water partition coefficient (Wildman–Crippen LogP) is 2.44. The summed E-state index contributed by atoms with van der Waals surface area (Å²) in [5.41, 5.74) is 2.10. The third kappa shape index (κ3) is 3.30. The molecule has 19 heavy (non-hydrogen) atoms. The van der Waals surface area contributed by atoms with Crippen LogP contribution in [0.2, 0.25) is 5.02 Å². The van der Waals surface area contributed by atoms with Gasteiger partial charge < -0.3 is 5.32 Å². The first kappa shape index (κ1) is 14.8. The Bertz CT molecular complexity index is 410. The molecule has 0 bridgehead atoms. The largest absolute Gasteiger partial charge is 0.315 e. The Labute approximate surface area is 121 Å². The van der Waals surface area contributed by atoms with Crippen molar-refractivity contribution in [3.63, 3.8) is 0 Å². The van der Waals surface area contributed by atoms with Crippen LogP contribution < -0.4 is 5.32 Å². The maximum absolute atomic E-state index is 6.41. The maximum Gasteiger partial charge on any atom is 0.0860 e. The molecule has 0 amide bonds. The standard InChI is InChI=1S/C14H25ClN4/c1-4-18(12-7-6-8-16-9-12)10-13-14(15)11(3)17-19(13)5-2/h12,16H,4-10H2,1-3H3. The van der Waals surface area contributed by atoms with Crippen LogP contribution in [-0.2, 0) is 13.1 Å². The van der Waals surface area contributed by atoms with Crippen LogP contribution >= 0.6 is 11.6 Å². The summed E-state index contributed by atoms with van der Waals surface area (Å²) in [6.45, 7) is 11.4. The molecule has 4 nitrogen and oxygen atoms in total. The number of hydrogen-bond acceptors (Lipinski definition) is 3. The van der Waals surface area contributed by atoms with Gasteiger partial charge in [-0.05, 0) is 39.8 Å². The minimum Gasteiger partial charge on any atom is -0.315 e. The zero-order valence-electron chi connectivity index (χ0n) is 12.2. The van der Waals surface area contributed by atoms with E-state index in [2.05, 4.69) is 29.2 Å². The molecule has 0 spiro atoms. The molecule has 0 aromatic carbocycles. The molecular formula is C14H25ClN4. The number of aryl methyl sites for hydroxylation is 2. The summed E-state index contributed by atoms with van der Waals surface area (Å²) in [5.74, 6) is 0. The fourth-order valence-electron chi connectivity index (χ4n) is 2.86. The average molecular weight is 285 g/mol. The Morgan fingerprint density at radius 3 is 2.84 bits per heavy atom. The summed E-state index contributed by atoms with van der Waals surface area (Å²) in [6.07, 6.45) is 2.54. The minimum atomic E-state index is 0.621. The predicted molar refractivity (Wildman–Crippen MR) is 79.6 cm³/mol. The number of likely N-dealkylation sites (N-methyl/N-ethyl adjacent to an activating group) is 1. The molecule has 1 fully saturated rings. The smallest absolute Gasteiger partial charge is 0.0860 e. The van der Waals surface area contributed by atoms with Crippen molar-refractivity contribution < 1.29 is 0 Å². The van der Waals surface area contributed by atoms with Crippen molar-refractivity contribution in [1.82, 2.24) is 20.0 Å². The van der Waals surface area contributed by atoms with Gasteiger partial charge in [0, 0.05) is 25.7 Å².